The van der Waals surface area contributed by atoms with Gasteiger partial charge in [-0.3, -0.25) is 14.9 Å². The van der Waals surface area contributed by atoms with E-state index in [0.29, 0.717) is 29.2 Å². The Morgan fingerprint density at radius 2 is 1.50 bits per heavy atom. The normalized spacial score (nSPS) is 11.2. The average Bonchev–Trinajstić information content (AvgIpc) is 2.94. The predicted molar refractivity (Wildman–Crippen MR) is 155 cm³/mol. The number of ether oxygens (including phenoxy) is 1. The number of hydrogen-bond acceptors (Lipinski definition) is 4. The SMILES string of the molecule is CC(NC(=O)c1ccccc1NC(=S)NC(=O)c1cccc(OCCc2ccccc2)c1)c1ccccc1. The topological polar surface area (TPSA) is 79.5 Å². The number of anilines is 1. The highest BCUT2D eigenvalue weighted by Crippen LogP contribution is 2.18. The molecule has 192 valence electrons. The van der Waals surface area contributed by atoms with Gasteiger partial charge in [0.15, 0.2) is 5.11 Å². The summed E-state index contributed by atoms with van der Waals surface area (Å²) in [5, 5.41) is 8.75. The summed E-state index contributed by atoms with van der Waals surface area (Å²) in [5.74, 6) is -0.0309. The molecular formula is C31H29N3O3S. The van der Waals surface area contributed by atoms with Crippen LogP contribution in [-0.4, -0.2) is 23.5 Å². The molecule has 3 N–H and O–H groups in total. The largest absolute Gasteiger partial charge is 0.493 e. The van der Waals surface area contributed by atoms with E-state index in [0.717, 1.165) is 12.0 Å². The number of thiocarbonyl (C=S) groups is 1. The summed E-state index contributed by atoms with van der Waals surface area (Å²) >= 11 is 5.37. The minimum absolute atomic E-state index is 0.0850. The maximum atomic E-state index is 13.0. The van der Waals surface area contributed by atoms with Crippen LogP contribution in [0.1, 0.15) is 44.8 Å². The number of benzene rings is 4. The van der Waals surface area contributed by atoms with Gasteiger partial charge in [0, 0.05) is 12.0 Å². The van der Waals surface area contributed by atoms with Crippen molar-refractivity contribution >= 4 is 34.8 Å². The van der Waals surface area contributed by atoms with E-state index >= 15 is 0 Å². The van der Waals surface area contributed by atoms with Gasteiger partial charge in [0.2, 0.25) is 0 Å². The van der Waals surface area contributed by atoms with Gasteiger partial charge < -0.3 is 15.4 Å². The lowest BCUT2D eigenvalue weighted by molar-refractivity contribution is 0.0939. The molecule has 0 aliphatic rings. The minimum Gasteiger partial charge on any atom is -0.493 e. The lowest BCUT2D eigenvalue weighted by Crippen LogP contribution is -2.35. The quantitative estimate of drug-likeness (QED) is 0.237. The van der Waals surface area contributed by atoms with Crippen LogP contribution in [0.4, 0.5) is 5.69 Å². The molecule has 1 atom stereocenters. The summed E-state index contributed by atoms with van der Waals surface area (Å²) in [5.41, 5.74) is 3.50. The Morgan fingerprint density at radius 3 is 2.26 bits per heavy atom. The zero-order chi connectivity index (χ0) is 26.7. The molecule has 0 bridgehead atoms. The van der Waals surface area contributed by atoms with Crippen LogP contribution in [0, 0.1) is 0 Å². The summed E-state index contributed by atoms with van der Waals surface area (Å²) in [6, 6.07) is 33.5. The molecule has 4 aromatic rings. The van der Waals surface area contributed by atoms with Gasteiger partial charge in [-0.15, -0.1) is 0 Å². The van der Waals surface area contributed by atoms with E-state index < -0.39 is 0 Å². The highest BCUT2D eigenvalue weighted by Gasteiger charge is 2.16. The fourth-order valence-electron chi connectivity index (χ4n) is 3.88. The van der Waals surface area contributed by atoms with Gasteiger partial charge in [0.1, 0.15) is 5.75 Å². The van der Waals surface area contributed by atoms with Crippen molar-refractivity contribution in [3.05, 3.63) is 131 Å². The first kappa shape index (κ1) is 26.6. The number of para-hydroxylation sites is 1. The molecule has 7 heteroatoms. The van der Waals surface area contributed by atoms with Crippen molar-refractivity contribution in [2.75, 3.05) is 11.9 Å². The van der Waals surface area contributed by atoms with Crippen LogP contribution in [0.2, 0.25) is 0 Å². The number of carbonyl (C=O) groups is 2. The fourth-order valence-corrected chi connectivity index (χ4v) is 4.08. The van der Waals surface area contributed by atoms with E-state index in [9.17, 15) is 9.59 Å². The van der Waals surface area contributed by atoms with E-state index in [1.165, 1.54) is 5.56 Å². The molecule has 4 rings (SSSR count). The monoisotopic (exact) mass is 523 g/mol. The highest BCUT2D eigenvalue weighted by molar-refractivity contribution is 7.80. The van der Waals surface area contributed by atoms with Gasteiger partial charge in [0.25, 0.3) is 11.8 Å². The Kier molecular flexibility index (Phi) is 9.21. The number of carbonyl (C=O) groups excluding carboxylic acids is 2. The van der Waals surface area contributed by atoms with Gasteiger partial charge in [-0.25, -0.2) is 0 Å². The third-order valence-electron chi connectivity index (χ3n) is 5.89. The Hall–Kier alpha value is -4.49. The smallest absolute Gasteiger partial charge is 0.257 e. The Balaban J connectivity index is 1.34. The second-order valence-electron chi connectivity index (χ2n) is 8.67. The number of rotatable bonds is 9. The second-order valence-corrected chi connectivity index (χ2v) is 9.08. The van der Waals surface area contributed by atoms with E-state index in [4.69, 9.17) is 17.0 Å². The molecule has 0 heterocycles. The van der Waals surface area contributed by atoms with Crippen molar-refractivity contribution in [3.8, 4) is 5.75 Å². The number of nitrogens with one attached hydrogen (secondary N) is 3. The first-order valence-electron chi connectivity index (χ1n) is 12.3. The first-order chi connectivity index (χ1) is 18.5. The summed E-state index contributed by atoms with van der Waals surface area (Å²) in [6.07, 6.45) is 0.766. The van der Waals surface area contributed by atoms with E-state index in [1.807, 2.05) is 73.7 Å². The molecule has 0 aromatic heterocycles. The summed E-state index contributed by atoms with van der Waals surface area (Å²) in [4.78, 5) is 25.8. The molecule has 6 nitrogen and oxygen atoms in total. The van der Waals surface area contributed by atoms with Gasteiger partial charge >= 0.3 is 0 Å². The second kappa shape index (κ2) is 13.2. The summed E-state index contributed by atoms with van der Waals surface area (Å²) in [7, 11) is 0. The highest BCUT2D eigenvalue weighted by atomic mass is 32.1. The zero-order valence-electron chi connectivity index (χ0n) is 21.0. The molecule has 0 saturated carbocycles. The summed E-state index contributed by atoms with van der Waals surface area (Å²) < 4.78 is 5.83. The lowest BCUT2D eigenvalue weighted by Gasteiger charge is -2.17. The van der Waals surface area contributed by atoms with E-state index in [2.05, 4.69) is 16.0 Å². The van der Waals surface area contributed by atoms with Crippen molar-refractivity contribution in [2.45, 2.75) is 19.4 Å². The first-order valence-corrected chi connectivity index (χ1v) is 12.7. The van der Waals surface area contributed by atoms with Crippen molar-refractivity contribution in [1.82, 2.24) is 10.6 Å². The Bertz CT molecular complexity index is 1390. The van der Waals surface area contributed by atoms with Gasteiger partial charge in [-0.05, 0) is 60.6 Å². The van der Waals surface area contributed by atoms with Crippen LogP contribution in [0.3, 0.4) is 0 Å². The van der Waals surface area contributed by atoms with Crippen molar-refractivity contribution < 1.29 is 14.3 Å². The van der Waals surface area contributed by atoms with Crippen LogP contribution in [0.15, 0.2) is 109 Å². The van der Waals surface area contributed by atoms with E-state index in [-0.39, 0.29) is 23.0 Å². The van der Waals surface area contributed by atoms with Crippen LogP contribution in [0.5, 0.6) is 5.75 Å². The third kappa shape index (κ3) is 7.51. The lowest BCUT2D eigenvalue weighted by atomic mass is 10.1. The maximum Gasteiger partial charge on any atom is 0.257 e. The minimum atomic E-state index is -0.379. The molecule has 0 saturated heterocycles. The van der Waals surface area contributed by atoms with Crippen molar-refractivity contribution in [1.29, 1.82) is 0 Å². The Morgan fingerprint density at radius 1 is 0.816 bits per heavy atom. The third-order valence-corrected chi connectivity index (χ3v) is 6.10. The molecule has 4 aromatic carbocycles. The summed E-state index contributed by atoms with van der Waals surface area (Å²) in [6.45, 7) is 2.42. The van der Waals surface area contributed by atoms with Crippen LogP contribution >= 0.6 is 12.2 Å². The maximum absolute atomic E-state index is 13.0. The molecule has 38 heavy (non-hydrogen) atoms. The van der Waals surface area contributed by atoms with Crippen LogP contribution in [0.25, 0.3) is 0 Å². The van der Waals surface area contributed by atoms with Gasteiger partial charge in [-0.2, -0.15) is 0 Å². The van der Waals surface area contributed by atoms with Crippen molar-refractivity contribution in [2.24, 2.45) is 0 Å². The van der Waals surface area contributed by atoms with E-state index in [1.54, 1.807) is 42.5 Å². The van der Waals surface area contributed by atoms with Crippen molar-refractivity contribution in [3.63, 3.8) is 0 Å². The molecule has 0 aliphatic carbocycles. The molecule has 2 amide bonds. The number of amides is 2. The molecule has 1 unspecified atom stereocenters. The predicted octanol–water partition coefficient (Wildman–Crippen LogP) is 5.93. The fraction of sp³-hybridized carbons (Fsp3) is 0.129. The van der Waals surface area contributed by atoms with Gasteiger partial charge in [0.05, 0.1) is 23.9 Å². The molecule has 0 spiro atoms. The zero-order valence-corrected chi connectivity index (χ0v) is 21.8. The average molecular weight is 524 g/mol. The molecule has 0 aliphatic heterocycles. The van der Waals surface area contributed by atoms with Crippen LogP contribution in [-0.2, 0) is 6.42 Å². The molecule has 0 fully saturated rings. The molecular weight excluding hydrogens is 494 g/mol. The molecule has 0 radical (unpaired) electrons. The number of hydrogen-bond donors (Lipinski definition) is 3. The standard InChI is InChI=1S/C31H29N3O3S/c1-22(24-13-6-3-7-14-24)32-30(36)27-17-8-9-18-28(27)33-31(38)34-29(35)25-15-10-16-26(21-25)37-20-19-23-11-4-2-5-12-23/h2-18,21-22H,19-20H2,1H3,(H,32,36)(H2,33,34,35,38). The van der Waals surface area contributed by atoms with Gasteiger partial charge in [-0.1, -0.05) is 78.9 Å². The van der Waals surface area contributed by atoms with Crippen LogP contribution < -0.4 is 20.7 Å². The Labute approximate surface area is 228 Å².